The van der Waals surface area contributed by atoms with Crippen molar-refractivity contribution in [2.45, 2.75) is 44.1 Å². The molecular weight excluding hydrogens is 418 g/mol. The highest BCUT2D eigenvalue weighted by atomic mass is 16.5. The van der Waals surface area contributed by atoms with Crippen molar-refractivity contribution in [3.63, 3.8) is 0 Å². The molecular formula is C26H29N3O4. The third kappa shape index (κ3) is 3.86. The number of rotatable bonds is 4. The molecule has 2 aliphatic heterocycles. The Kier molecular flexibility index (Phi) is 5.56. The average Bonchev–Trinajstić information content (AvgIpc) is 3.48. The number of benzene rings is 2. The molecule has 5 rings (SSSR count). The molecule has 3 aliphatic rings. The van der Waals surface area contributed by atoms with E-state index < -0.39 is 0 Å². The van der Waals surface area contributed by atoms with Crippen LogP contribution >= 0.6 is 0 Å². The summed E-state index contributed by atoms with van der Waals surface area (Å²) in [4.78, 5) is 44.1. The molecule has 7 nitrogen and oxygen atoms in total. The molecule has 3 amide bonds. The number of anilines is 2. The van der Waals surface area contributed by atoms with Crippen LogP contribution in [-0.2, 0) is 9.59 Å². The summed E-state index contributed by atoms with van der Waals surface area (Å²) in [7, 11) is 1.62. The van der Waals surface area contributed by atoms with Gasteiger partial charge in [0.1, 0.15) is 12.3 Å². The Balaban J connectivity index is 1.37. The summed E-state index contributed by atoms with van der Waals surface area (Å²) in [5, 5.41) is 0. The maximum atomic E-state index is 13.4. The highest BCUT2D eigenvalue weighted by Gasteiger charge is 2.48. The molecule has 7 heteroatoms. The first-order valence-corrected chi connectivity index (χ1v) is 11.7. The number of hydrogen-bond acceptors (Lipinski definition) is 4. The maximum absolute atomic E-state index is 13.4. The molecule has 2 heterocycles. The zero-order chi connectivity index (χ0) is 23.0. The van der Waals surface area contributed by atoms with Gasteiger partial charge in [-0.05, 0) is 67.8 Å². The summed E-state index contributed by atoms with van der Waals surface area (Å²) in [6, 6.07) is 14.8. The van der Waals surface area contributed by atoms with Gasteiger partial charge in [0.15, 0.2) is 0 Å². The molecule has 172 valence electrons. The molecule has 0 radical (unpaired) electrons. The largest absolute Gasteiger partial charge is 0.497 e. The molecule has 2 aromatic rings. The second-order valence-electron chi connectivity index (χ2n) is 9.22. The average molecular weight is 448 g/mol. The topological polar surface area (TPSA) is 70.2 Å². The van der Waals surface area contributed by atoms with E-state index in [4.69, 9.17) is 4.74 Å². The van der Waals surface area contributed by atoms with Gasteiger partial charge in [0.05, 0.1) is 12.6 Å². The standard InChI is InChI=1S/C26H29N3O4/c1-33-22-12-10-21(11-13-22)29-24(31)17-27(18-26(29)14-2-3-15-26)25(32)19-6-8-20(9-7-19)28-16-4-5-23(28)30/h6-13H,2-5,14-18H2,1H3. The minimum atomic E-state index is -0.374. The van der Waals surface area contributed by atoms with Gasteiger partial charge in [-0.1, -0.05) is 12.8 Å². The van der Waals surface area contributed by atoms with Gasteiger partial charge >= 0.3 is 0 Å². The van der Waals surface area contributed by atoms with Crippen LogP contribution in [0.1, 0.15) is 48.9 Å². The zero-order valence-corrected chi connectivity index (χ0v) is 19.0. The number of nitrogens with zero attached hydrogens (tertiary/aromatic N) is 3. The molecule has 0 bridgehead atoms. The molecule has 2 saturated heterocycles. The second-order valence-corrected chi connectivity index (χ2v) is 9.22. The lowest BCUT2D eigenvalue weighted by Gasteiger charge is -2.48. The summed E-state index contributed by atoms with van der Waals surface area (Å²) < 4.78 is 5.27. The van der Waals surface area contributed by atoms with Crippen molar-refractivity contribution in [2.24, 2.45) is 0 Å². The van der Waals surface area contributed by atoms with Gasteiger partial charge in [-0.3, -0.25) is 14.4 Å². The first-order valence-electron chi connectivity index (χ1n) is 11.7. The molecule has 2 aromatic carbocycles. The third-order valence-electron chi connectivity index (χ3n) is 7.19. The lowest BCUT2D eigenvalue weighted by Crippen LogP contribution is -2.65. The van der Waals surface area contributed by atoms with E-state index in [2.05, 4.69) is 0 Å². The molecule has 0 atom stereocenters. The number of amides is 3. The molecule has 1 aliphatic carbocycles. The molecule has 0 N–H and O–H groups in total. The van der Waals surface area contributed by atoms with Crippen LogP contribution in [0.4, 0.5) is 11.4 Å². The van der Waals surface area contributed by atoms with Crippen molar-refractivity contribution in [3.8, 4) is 5.75 Å². The molecule has 0 aromatic heterocycles. The maximum Gasteiger partial charge on any atom is 0.254 e. The van der Waals surface area contributed by atoms with Gasteiger partial charge in [-0.15, -0.1) is 0 Å². The van der Waals surface area contributed by atoms with E-state index in [0.29, 0.717) is 18.5 Å². The fraction of sp³-hybridized carbons (Fsp3) is 0.423. The first kappa shape index (κ1) is 21.5. The minimum Gasteiger partial charge on any atom is -0.497 e. The van der Waals surface area contributed by atoms with E-state index in [0.717, 1.165) is 55.8 Å². The molecule has 1 saturated carbocycles. The van der Waals surface area contributed by atoms with Crippen molar-refractivity contribution in [1.82, 2.24) is 4.90 Å². The monoisotopic (exact) mass is 447 g/mol. The van der Waals surface area contributed by atoms with E-state index in [9.17, 15) is 14.4 Å². The fourth-order valence-corrected chi connectivity index (χ4v) is 5.58. The Morgan fingerprint density at radius 1 is 0.879 bits per heavy atom. The normalized spacial score (nSPS) is 20.1. The van der Waals surface area contributed by atoms with Crippen LogP contribution in [0.5, 0.6) is 5.75 Å². The highest BCUT2D eigenvalue weighted by Crippen LogP contribution is 2.42. The Bertz CT molecular complexity index is 1060. The molecule has 33 heavy (non-hydrogen) atoms. The Morgan fingerprint density at radius 3 is 2.15 bits per heavy atom. The second kappa shape index (κ2) is 8.54. The number of hydrogen-bond donors (Lipinski definition) is 0. The predicted molar refractivity (Wildman–Crippen MR) is 126 cm³/mol. The minimum absolute atomic E-state index is 0.0545. The van der Waals surface area contributed by atoms with Gasteiger partial charge in [0, 0.05) is 36.4 Å². The Labute approximate surface area is 193 Å². The van der Waals surface area contributed by atoms with E-state index in [1.165, 1.54) is 0 Å². The molecule has 3 fully saturated rings. The van der Waals surface area contributed by atoms with Crippen LogP contribution < -0.4 is 14.5 Å². The molecule has 1 spiro atoms. The van der Waals surface area contributed by atoms with Crippen molar-refractivity contribution in [1.29, 1.82) is 0 Å². The summed E-state index contributed by atoms with van der Waals surface area (Å²) in [5.41, 5.74) is 1.85. The van der Waals surface area contributed by atoms with Gasteiger partial charge in [0.25, 0.3) is 5.91 Å². The number of carbonyl (C=O) groups is 3. The fourth-order valence-electron chi connectivity index (χ4n) is 5.58. The smallest absolute Gasteiger partial charge is 0.254 e. The number of methoxy groups -OCH3 is 1. The summed E-state index contributed by atoms with van der Waals surface area (Å²) in [6.07, 6.45) is 5.28. The highest BCUT2D eigenvalue weighted by molar-refractivity contribution is 6.03. The number of ether oxygens (including phenoxy) is 1. The number of carbonyl (C=O) groups excluding carboxylic acids is 3. The van der Waals surface area contributed by atoms with Crippen LogP contribution in [-0.4, -0.2) is 54.9 Å². The van der Waals surface area contributed by atoms with Crippen LogP contribution in [0.15, 0.2) is 48.5 Å². The van der Waals surface area contributed by atoms with Crippen LogP contribution in [0.3, 0.4) is 0 Å². The quantitative estimate of drug-likeness (QED) is 0.718. The van der Waals surface area contributed by atoms with Crippen LogP contribution in [0.2, 0.25) is 0 Å². The molecule has 0 unspecified atom stereocenters. The van der Waals surface area contributed by atoms with Crippen molar-refractivity contribution in [3.05, 3.63) is 54.1 Å². The van der Waals surface area contributed by atoms with Gasteiger partial charge in [0.2, 0.25) is 11.8 Å². The van der Waals surface area contributed by atoms with Crippen molar-refractivity contribution in [2.75, 3.05) is 36.5 Å². The van der Waals surface area contributed by atoms with E-state index in [-0.39, 0.29) is 29.8 Å². The predicted octanol–water partition coefficient (Wildman–Crippen LogP) is 3.62. The first-order chi connectivity index (χ1) is 16.0. The van der Waals surface area contributed by atoms with Crippen molar-refractivity contribution >= 4 is 29.1 Å². The van der Waals surface area contributed by atoms with Crippen LogP contribution in [0, 0.1) is 0 Å². The Morgan fingerprint density at radius 2 is 1.55 bits per heavy atom. The zero-order valence-electron chi connectivity index (χ0n) is 19.0. The van der Waals surface area contributed by atoms with Gasteiger partial charge < -0.3 is 19.4 Å². The van der Waals surface area contributed by atoms with Crippen molar-refractivity contribution < 1.29 is 19.1 Å². The van der Waals surface area contributed by atoms with Gasteiger partial charge in [-0.25, -0.2) is 0 Å². The van der Waals surface area contributed by atoms with Gasteiger partial charge in [-0.2, -0.15) is 0 Å². The van der Waals surface area contributed by atoms with E-state index >= 15 is 0 Å². The van der Waals surface area contributed by atoms with E-state index in [1.54, 1.807) is 29.0 Å². The van der Waals surface area contributed by atoms with E-state index in [1.807, 2.05) is 41.3 Å². The summed E-state index contributed by atoms with van der Waals surface area (Å²) >= 11 is 0. The third-order valence-corrected chi connectivity index (χ3v) is 7.19. The summed E-state index contributed by atoms with van der Waals surface area (Å²) in [6.45, 7) is 1.30. The van der Waals surface area contributed by atoms with Crippen LogP contribution in [0.25, 0.3) is 0 Å². The summed E-state index contributed by atoms with van der Waals surface area (Å²) in [5.74, 6) is 0.682. The number of piperazine rings is 1. The Hall–Kier alpha value is -3.35. The lowest BCUT2D eigenvalue weighted by atomic mass is 9.90. The lowest BCUT2D eigenvalue weighted by molar-refractivity contribution is -0.123. The SMILES string of the molecule is COc1ccc(N2C(=O)CN(C(=O)c3ccc(N4CCCC4=O)cc3)CC23CCCC3)cc1.